The molecule has 0 saturated carbocycles. The maximum Gasteiger partial charge on any atom is 0.137 e. The number of carbonyl (C=O) groups is 1. The SMILES string of the molecule is CC(=O)CCc1c(Cl)ncnc1Cl. The van der Waals surface area contributed by atoms with Gasteiger partial charge in [0, 0.05) is 12.0 Å². The molecule has 0 amide bonds. The van der Waals surface area contributed by atoms with E-state index in [2.05, 4.69) is 9.97 Å². The maximum atomic E-state index is 10.7. The summed E-state index contributed by atoms with van der Waals surface area (Å²) in [4.78, 5) is 18.3. The van der Waals surface area contributed by atoms with Crippen LogP contribution in [0.1, 0.15) is 18.9 Å². The summed E-state index contributed by atoms with van der Waals surface area (Å²) in [6.07, 6.45) is 2.20. The normalized spacial score (nSPS) is 10.1. The van der Waals surface area contributed by atoms with Crippen LogP contribution in [0.3, 0.4) is 0 Å². The first kappa shape index (κ1) is 10.4. The van der Waals surface area contributed by atoms with Crippen LogP contribution in [-0.4, -0.2) is 15.8 Å². The minimum absolute atomic E-state index is 0.0935. The topological polar surface area (TPSA) is 42.9 Å². The molecular weight excluding hydrogens is 211 g/mol. The van der Waals surface area contributed by atoms with Crippen molar-refractivity contribution in [3.8, 4) is 0 Å². The fourth-order valence-corrected chi connectivity index (χ4v) is 1.38. The molecule has 70 valence electrons. The van der Waals surface area contributed by atoms with Crippen LogP contribution in [0.5, 0.6) is 0 Å². The Morgan fingerprint density at radius 1 is 1.38 bits per heavy atom. The van der Waals surface area contributed by atoms with Crippen molar-refractivity contribution in [1.29, 1.82) is 0 Å². The van der Waals surface area contributed by atoms with Gasteiger partial charge in [-0.25, -0.2) is 9.97 Å². The molecule has 5 heteroatoms. The van der Waals surface area contributed by atoms with Crippen molar-refractivity contribution in [1.82, 2.24) is 9.97 Å². The molecule has 0 bridgehead atoms. The molecule has 1 aromatic heterocycles. The van der Waals surface area contributed by atoms with Crippen LogP contribution in [0.15, 0.2) is 6.33 Å². The number of hydrogen-bond acceptors (Lipinski definition) is 3. The molecule has 1 aromatic rings. The molecule has 0 aliphatic heterocycles. The molecule has 0 aliphatic rings. The fraction of sp³-hybridized carbons (Fsp3) is 0.375. The van der Waals surface area contributed by atoms with E-state index >= 15 is 0 Å². The minimum atomic E-state index is 0.0935. The highest BCUT2D eigenvalue weighted by atomic mass is 35.5. The fourth-order valence-electron chi connectivity index (χ4n) is 0.879. The Morgan fingerprint density at radius 3 is 2.38 bits per heavy atom. The van der Waals surface area contributed by atoms with Crippen molar-refractivity contribution >= 4 is 29.0 Å². The van der Waals surface area contributed by atoms with E-state index < -0.39 is 0 Å². The van der Waals surface area contributed by atoms with E-state index in [-0.39, 0.29) is 5.78 Å². The highest BCUT2D eigenvalue weighted by molar-refractivity contribution is 6.34. The summed E-state index contributed by atoms with van der Waals surface area (Å²) in [6, 6.07) is 0. The van der Waals surface area contributed by atoms with Gasteiger partial charge in [0.2, 0.25) is 0 Å². The molecule has 0 saturated heterocycles. The smallest absolute Gasteiger partial charge is 0.137 e. The van der Waals surface area contributed by atoms with E-state index in [1.54, 1.807) is 0 Å². The van der Waals surface area contributed by atoms with Gasteiger partial charge in [-0.1, -0.05) is 23.2 Å². The summed E-state index contributed by atoms with van der Waals surface area (Å²) in [5.74, 6) is 0.0935. The molecule has 0 atom stereocenters. The Labute approximate surface area is 86.1 Å². The van der Waals surface area contributed by atoms with Crippen LogP contribution in [0.25, 0.3) is 0 Å². The van der Waals surface area contributed by atoms with E-state index in [1.165, 1.54) is 13.3 Å². The Balaban J connectivity index is 2.81. The largest absolute Gasteiger partial charge is 0.300 e. The number of nitrogens with zero attached hydrogens (tertiary/aromatic N) is 2. The number of hydrogen-bond donors (Lipinski definition) is 0. The van der Waals surface area contributed by atoms with Crippen molar-refractivity contribution in [2.24, 2.45) is 0 Å². The Kier molecular flexibility index (Phi) is 3.63. The van der Waals surface area contributed by atoms with E-state index in [1.807, 2.05) is 0 Å². The Hall–Kier alpha value is -0.670. The Morgan fingerprint density at radius 2 is 1.92 bits per heavy atom. The molecule has 3 nitrogen and oxygen atoms in total. The number of Topliss-reactive ketones (excluding diaryl/α,β-unsaturated/α-hetero) is 1. The lowest BCUT2D eigenvalue weighted by Gasteiger charge is -2.02. The summed E-state index contributed by atoms with van der Waals surface area (Å²) in [5.41, 5.74) is 0.640. The number of ketones is 1. The molecular formula is C8H8Cl2N2O. The molecule has 0 fully saturated rings. The summed E-state index contributed by atoms with van der Waals surface area (Å²) >= 11 is 11.5. The van der Waals surface area contributed by atoms with Crippen LogP contribution < -0.4 is 0 Å². The second-order valence-corrected chi connectivity index (χ2v) is 3.35. The standard InChI is InChI=1S/C8H8Cl2N2O/c1-5(13)2-3-6-7(9)11-4-12-8(6)10/h4H,2-3H2,1H3. The van der Waals surface area contributed by atoms with Crippen molar-refractivity contribution in [3.63, 3.8) is 0 Å². The summed E-state index contributed by atoms with van der Waals surface area (Å²) in [5, 5.41) is 0.641. The number of rotatable bonds is 3. The van der Waals surface area contributed by atoms with Gasteiger partial charge in [-0.05, 0) is 13.3 Å². The molecule has 1 rings (SSSR count). The van der Waals surface area contributed by atoms with Crippen LogP contribution >= 0.6 is 23.2 Å². The van der Waals surface area contributed by atoms with Crippen molar-refractivity contribution in [3.05, 3.63) is 22.2 Å². The third kappa shape index (κ3) is 2.94. The van der Waals surface area contributed by atoms with Gasteiger partial charge < -0.3 is 4.79 Å². The van der Waals surface area contributed by atoms with Gasteiger partial charge in [0.15, 0.2) is 0 Å². The van der Waals surface area contributed by atoms with Crippen LogP contribution in [0, 0.1) is 0 Å². The molecule has 0 spiro atoms. The van der Waals surface area contributed by atoms with Crippen molar-refractivity contribution in [2.75, 3.05) is 0 Å². The minimum Gasteiger partial charge on any atom is -0.300 e. The van der Waals surface area contributed by atoms with Gasteiger partial charge in [-0.3, -0.25) is 0 Å². The van der Waals surface area contributed by atoms with Crippen LogP contribution in [-0.2, 0) is 11.2 Å². The maximum absolute atomic E-state index is 10.7. The molecule has 13 heavy (non-hydrogen) atoms. The highest BCUT2D eigenvalue weighted by Crippen LogP contribution is 2.20. The predicted molar refractivity (Wildman–Crippen MR) is 51.1 cm³/mol. The van der Waals surface area contributed by atoms with E-state index in [9.17, 15) is 4.79 Å². The molecule has 0 N–H and O–H groups in total. The lowest BCUT2D eigenvalue weighted by atomic mass is 10.1. The van der Waals surface area contributed by atoms with Gasteiger partial charge in [0.25, 0.3) is 0 Å². The van der Waals surface area contributed by atoms with Gasteiger partial charge in [0.1, 0.15) is 22.4 Å². The second-order valence-electron chi connectivity index (χ2n) is 2.64. The van der Waals surface area contributed by atoms with E-state index in [4.69, 9.17) is 23.2 Å². The van der Waals surface area contributed by atoms with E-state index in [0.717, 1.165) is 0 Å². The zero-order chi connectivity index (χ0) is 9.84. The zero-order valence-corrected chi connectivity index (χ0v) is 8.56. The monoisotopic (exact) mass is 218 g/mol. The van der Waals surface area contributed by atoms with Crippen molar-refractivity contribution in [2.45, 2.75) is 19.8 Å². The Bertz CT molecular complexity index is 308. The predicted octanol–water partition coefficient (Wildman–Crippen LogP) is 2.31. The molecule has 0 unspecified atom stereocenters. The lowest BCUT2D eigenvalue weighted by Crippen LogP contribution is -1.98. The van der Waals surface area contributed by atoms with Gasteiger partial charge >= 0.3 is 0 Å². The quantitative estimate of drug-likeness (QED) is 0.732. The zero-order valence-electron chi connectivity index (χ0n) is 7.05. The number of carbonyl (C=O) groups excluding carboxylic acids is 1. The van der Waals surface area contributed by atoms with Crippen LogP contribution in [0.4, 0.5) is 0 Å². The highest BCUT2D eigenvalue weighted by Gasteiger charge is 2.08. The van der Waals surface area contributed by atoms with Gasteiger partial charge in [-0.2, -0.15) is 0 Å². The first-order chi connectivity index (χ1) is 6.11. The number of aromatic nitrogens is 2. The third-order valence-electron chi connectivity index (χ3n) is 1.57. The average molecular weight is 219 g/mol. The lowest BCUT2D eigenvalue weighted by molar-refractivity contribution is -0.116. The van der Waals surface area contributed by atoms with Crippen molar-refractivity contribution < 1.29 is 4.79 Å². The molecule has 0 radical (unpaired) electrons. The summed E-state index contributed by atoms with van der Waals surface area (Å²) < 4.78 is 0. The first-order valence-corrected chi connectivity index (χ1v) is 4.51. The second kappa shape index (κ2) is 4.53. The summed E-state index contributed by atoms with van der Waals surface area (Å²) in [7, 11) is 0. The third-order valence-corrected chi connectivity index (χ3v) is 2.22. The molecule has 1 heterocycles. The van der Waals surface area contributed by atoms with E-state index in [0.29, 0.717) is 28.7 Å². The average Bonchev–Trinajstić information content (AvgIpc) is 2.03. The van der Waals surface area contributed by atoms with Crippen LogP contribution in [0.2, 0.25) is 10.3 Å². The van der Waals surface area contributed by atoms with Gasteiger partial charge in [-0.15, -0.1) is 0 Å². The molecule has 0 aromatic carbocycles. The molecule has 0 aliphatic carbocycles. The first-order valence-electron chi connectivity index (χ1n) is 3.75. The summed E-state index contributed by atoms with van der Waals surface area (Å²) in [6.45, 7) is 1.52. The van der Waals surface area contributed by atoms with Gasteiger partial charge in [0.05, 0.1) is 0 Å². The number of halogens is 2.